The van der Waals surface area contributed by atoms with Crippen LogP contribution in [0.4, 0.5) is 0 Å². The lowest BCUT2D eigenvalue weighted by Crippen LogP contribution is -2.49. The van der Waals surface area contributed by atoms with E-state index in [9.17, 15) is 4.79 Å². The minimum absolute atomic E-state index is 0.190. The molecule has 1 rings (SSSR count). The third-order valence-electron chi connectivity index (χ3n) is 3.34. The normalized spacial score (nSPS) is 14.7. The summed E-state index contributed by atoms with van der Waals surface area (Å²) >= 11 is 0. The molecule has 0 bridgehead atoms. The van der Waals surface area contributed by atoms with E-state index in [1.54, 1.807) is 0 Å². The van der Waals surface area contributed by atoms with Crippen molar-refractivity contribution in [1.29, 1.82) is 0 Å². The summed E-state index contributed by atoms with van der Waals surface area (Å²) < 4.78 is 11.8. The summed E-state index contributed by atoms with van der Waals surface area (Å²) in [6, 6.07) is 7.34. The molecular weight excluding hydrogens is 316 g/mol. The van der Waals surface area contributed by atoms with Crippen LogP contribution < -0.4 is 15.8 Å². The minimum Gasteiger partial charge on any atom is -0.488 e. The molecule has 5 nitrogen and oxygen atoms in total. The first kappa shape index (κ1) is 21.5. The Bertz CT molecular complexity index is 542. The number of carbonyl (C=O) groups excluding carboxylic acids is 1. The fraction of sp³-hybridized carbons (Fsp3) is 0.650. The average molecular weight is 351 g/mol. The van der Waals surface area contributed by atoms with Gasteiger partial charge < -0.3 is 20.5 Å². The second kappa shape index (κ2) is 8.68. The number of hydrogen-bond acceptors (Lipinski definition) is 4. The Hall–Kier alpha value is -1.59. The predicted octanol–water partition coefficient (Wildman–Crippen LogP) is 3.40. The highest BCUT2D eigenvalue weighted by molar-refractivity contribution is 5.81. The monoisotopic (exact) mass is 350 g/mol. The van der Waals surface area contributed by atoms with Gasteiger partial charge in [0.15, 0.2) is 0 Å². The van der Waals surface area contributed by atoms with Crippen LogP contribution in [0.2, 0.25) is 0 Å². The van der Waals surface area contributed by atoms with Gasteiger partial charge in [0.05, 0.1) is 11.6 Å². The summed E-state index contributed by atoms with van der Waals surface area (Å²) in [4.78, 5) is 12.1. The molecule has 0 unspecified atom stereocenters. The Labute approximate surface area is 152 Å². The maximum atomic E-state index is 12.1. The summed E-state index contributed by atoms with van der Waals surface area (Å²) in [5, 5.41) is 2.91. The van der Waals surface area contributed by atoms with Crippen LogP contribution >= 0.6 is 0 Å². The molecule has 0 heterocycles. The summed E-state index contributed by atoms with van der Waals surface area (Å²) in [5.74, 6) is 0.631. The first-order chi connectivity index (χ1) is 11.4. The average Bonchev–Trinajstić information content (AvgIpc) is 2.45. The van der Waals surface area contributed by atoms with Crippen LogP contribution in [0.1, 0.15) is 60.5 Å². The Balaban J connectivity index is 2.81. The Morgan fingerprint density at radius 3 is 2.08 bits per heavy atom. The summed E-state index contributed by atoms with van der Waals surface area (Å²) in [7, 11) is 0. The Kier molecular flexibility index (Phi) is 7.44. The van der Waals surface area contributed by atoms with E-state index < -0.39 is 12.3 Å². The van der Waals surface area contributed by atoms with E-state index in [4.69, 9.17) is 15.2 Å². The number of amides is 1. The minimum atomic E-state index is -0.520. The SMILES string of the molecule is CC[C@H](N)C(=O)N[C@@H](Cc1ccc(OC(C)(C)C)cc1)OC(C)(C)C. The standard InChI is InChI=1S/C20H34N2O3/c1-8-16(21)18(23)22-17(25-20(5,6)7)13-14-9-11-15(12-10-14)24-19(2,3)4/h9-12,16-17H,8,13,21H2,1-7H3,(H,22,23)/t16-,17+/m0/s1. The van der Waals surface area contributed by atoms with Gasteiger partial charge in [0.1, 0.15) is 17.6 Å². The number of carbonyl (C=O) groups is 1. The van der Waals surface area contributed by atoms with Gasteiger partial charge in [0.2, 0.25) is 5.91 Å². The molecule has 5 heteroatoms. The van der Waals surface area contributed by atoms with Gasteiger partial charge in [-0.25, -0.2) is 0 Å². The van der Waals surface area contributed by atoms with E-state index in [0.717, 1.165) is 11.3 Å². The van der Waals surface area contributed by atoms with E-state index in [0.29, 0.717) is 12.8 Å². The van der Waals surface area contributed by atoms with Crippen molar-refractivity contribution in [3.8, 4) is 5.75 Å². The number of nitrogens with one attached hydrogen (secondary N) is 1. The third kappa shape index (κ3) is 8.89. The lowest BCUT2D eigenvalue weighted by Gasteiger charge is -2.29. The van der Waals surface area contributed by atoms with Crippen molar-refractivity contribution >= 4 is 5.91 Å². The predicted molar refractivity (Wildman–Crippen MR) is 102 cm³/mol. The molecule has 0 aliphatic carbocycles. The van der Waals surface area contributed by atoms with Gasteiger partial charge in [-0.2, -0.15) is 0 Å². The lowest BCUT2D eigenvalue weighted by molar-refractivity contribution is -0.132. The number of benzene rings is 1. The first-order valence-electron chi connectivity index (χ1n) is 8.91. The van der Waals surface area contributed by atoms with Crippen LogP contribution in [-0.2, 0) is 16.0 Å². The van der Waals surface area contributed by atoms with Crippen LogP contribution in [-0.4, -0.2) is 29.4 Å². The summed E-state index contributed by atoms with van der Waals surface area (Å²) in [6.07, 6.45) is 0.724. The molecule has 0 saturated carbocycles. The molecule has 1 aromatic carbocycles. The third-order valence-corrected chi connectivity index (χ3v) is 3.34. The molecule has 3 N–H and O–H groups in total. The van der Waals surface area contributed by atoms with Crippen molar-refractivity contribution in [1.82, 2.24) is 5.32 Å². The molecule has 0 aromatic heterocycles. The van der Waals surface area contributed by atoms with E-state index in [1.165, 1.54) is 0 Å². The largest absolute Gasteiger partial charge is 0.488 e. The summed E-state index contributed by atoms with van der Waals surface area (Å²) in [5.41, 5.74) is 6.27. The maximum Gasteiger partial charge on any atom is 0.238 e. The van der Waals surface area contributed by atoms with Crippen molar-refractivity contribution < 1.29 is 14.3 Å². The van der Waals surface area contributed by atoms with Crippen molar-refractivity contribution in [2.24, 2.45) is 5.73 Å². The van der Waals surface area contributed by atoms with Crippen molar-refractivity contribution in [2.75, 3.05) is 0 Å². The van der Waals surface area contributed by atoms with E-state index >= 15 is 0 Å². The quantitative estimate of drug-likeness (QED) is 0.739. The fourth-order valence-electron chi connectivity index (χ4n) is 2.26. The highest BCUT2D eigenvalue weighted by Crippen LogP contribution is 2.20. The van der Waals surface area contributed by atoms with Crippen molar-refractivity contribution in [2.45, 2.75) is 84.8 Å². The number of nitrogens with two attached hydrogens (primary N) is 1. The molecule has 1 aromatic rings. The number of rotatable bonds is 7. The van der Waals surface area contributed by atoms with Crippen LogP contribution in [0.25, 0.3) is 0 Å². The van der Waals surface area contributed by atoms with Gasteiger partial charge in [-0.1, -0.05) is 19.1 Å². The van der Waals surface area contributed by atoms with E-state index in [1.807, 2.05) is 72.7 Å². The van der Waals surface area contributed by atoms with Gasteiger partial charge in [0, 0.05) is 6.42 Å². The Morgan fingerprint density at radius 2 is 1.64 bits per heavy atom. The van der Waals surface area contributed by atoms with Crippen molar-refractivity contribution in [3.05, 3.63) is 29.8 Å². The lowest BCUT2D eigenvalue weighted by atomic mass is 10.1. The molecule has 0 saturated heterocycles. The topological polar surface area (TPSA) is 73.6 Å². The van der Waals surface area contributed by atoms with Gasteiger partial charge >= 0.3 is 0 Å². The van der Waals surface area contributed by atoms with Crippen LogP contribution in [0.3, 0.4) is 0 Å². The smallest absolute Gasteiger partial charge is 0.238 e. The van der Waals surface area contributed by atoms with Gasteiger partial charge in [0.25, 0.3) is 0 Å². The van der Waals surface area contributed by atoms with Gasteiger partial charge in [-0.3, -0.25) is 4.79 Å². The molecule has 0 aliphatic heterocycles. The summed E-state index contributed by atoms with van der Waals surface area (Å²) in [6.45, 7) is 13.8. The van der Waals surface area contributed by atoms with Crippen LogP contribution in [0, 0.1) is 0 Å². The second-order valence-electron chi connectivity index (χ2n) is 8.30. The first-order valence-corrected chi connectivity index (χ1v) is 8.91. The molecule has 142 valence electrons. The van der Waals surface area contributed by atoms with Crippen molar-refractivity contribution in [3.63, 3.8) is 0 Å². The molecule has 25 heavy (non-hydrogen) atoms. The zero-order valence-corrected chi connectivity index (χ0v) is 16.7. The molecule has 2 atom stereocenters. The van der Waals surface area contributed by atoms with Gasteiger partial charge in [-0.05, 0) is 65.7 Å². The fourth-order valence-corrected chi connectivity index (χ4v) is 2.26. The molecular formula is C20H34N2O3. The molecule has 0 aliphatic rings. The number of hydrogen-bond donors (Lipinski definition) is 2. The van der Waals surface area contributed by atoms with Crippen LogP contribution in [0.15, 0.2) is 24.3 Å². The zero-order valence-electron chi connectivity index (χ0n) is 16.7. The molecule has 1 amide bonds. The zero-order chi connectivity index (χ0) is 19.3. The van der Waals surface area contributed by atoms with E-state index in [-0.39, 0.29) is 17.1 Å². The maximum absolute atomic E-state index is 12.1. The Morgan fingerprint density at radius 1 is 1.08 bits per heavy atom. The number of ether oxygens (including phenoxy) is 2. The molecule has 0 fully saturated rings. The van der Waals surface area contributed by atoms with E-state index in [2.05, 4.69) is 5.32 Å². The van der Waals surface area contributed by atoms with Gasteiger partial charge in [-0.15, -0.1) is 0 Å². The highest BCUT2D eigenvalue weighted by atomic mass is 16.5. The molecule has 0 spiro atoms. The van der Waals surface area contributed by atoms with Crippen LogP contribution in [0.5, 0.6) is 5.75 Å². The molecule has 0 radical (unpaired) electrons. The highest BCUT2D eigenvalue weighted by Gasteiger charge is 2.23. The second-order valence-corrected chi connectivity index (χ2v) is 8.30.